The van der Waals surface area contributed by atoms with Crippen molar-refractivity contribution in [2.45, 2.75) is 25.9 Å². The molecule has 0 aliphatic rings. The van der Waals surface area contributed by atoms with Gasteiger partial charge in [0.15, 0.2) is 6.61 Å². The van der Waals surface area contributed by atoms with Gasteiger partial charge in [0.05, 0.1) is 12.7 Å². The number of amides is 1. The summed E-state index contributed by atoms with van der Waals surface area (Å²) in [5.74, 6) is 1.19. The molecule has 5 nitrogen and oxygen atoms in total. The maximum Gasteiger partial charge on any atom is 0.258 e. The Kier molecular flexibility index (Phi) is 6.42. The molecule has 134 valence electrons. The lowest BCUT2D eigenvalue weighted by molar-refractivity contribution is -0.124. The minimum absolute atomic E-state index is 0.0799. The summed E-state index contributed by atoms with van der Waals surface area (Å²) in [6, 6.07) is 15.0. The van der Waals surface area contributed by atoms with Crippen LogP contribution < -0.4 is 14.8 Å². The molecule has 0 unspecified atom stereocenters. The zero-order valence-electron chi connectivity index (χ0n) is 14.9. The Morgan fingerprint density at radius 1 is 1.16 bits per heavy atom. The van der Waals surface area contributed by atoms with Crippen molar-refractivity contribution < 1.29 is 19.4 Å². The van der Waals surface area contributed by atoms with Crippen LogP contribution in [0.1, 0.15) is 18.1 Å². The molecule has 5 heteroatoms. The fraction of sp³-hybridized carbons (Fsp3) is 0.350. The minimum Gasteiger partial charge on any atom is -0.497 e. The Balaban J connectivity index is 1.79. The predicted molar refractivity (Wildman–Crippen MR) is 97.0 cm³/mol. The van der Waals surface area contributed by atoms with E-state index < -0.39 is 5.60 Å². The van der Waals surface area contributed by atoms with Gasteiger partial charge in [0.25, 0.3) is 5.91 Å². The number of carbonyl (C=O) groups excluding carboxylic acids is 1. The highest BCUT2D eigenvalue weighted by Crippen LogP contribution is 2.17. The monoisotopic (exact) mass is 343 g/mol. The van der Waals surface area contributed by atoms with E-state index in [1.54, 1.807) is 14.0 Å². The summed E-state index contributed by atoms with van der Waals surface area (Å²) < 4.78 is 10.6. The van der Waals surface area contributed by atoms with E-state index in [1.165, 1.54) is 0 Å². The summed E-state index contributed by atoms with van der Waals surface area (Å²) >= 11 is 0. The zero-order valence-corrected chi connectivity index (χ0v) is 14.9. The lowest BCUT2D eigenvalue weighted by Crippen LogP contribution is -2.43. The zero-order chi connectivity index (χ0) is 18.3. The summed E-state index contributed by atoms with van der Waals surface area (Å²) in [4.78, 5) is 11.9. The SMILES string of the molecule is COc1ccc(C[C@@](C)(O)CNC(=O)COc2ccccc2C)cc1. The predicted octanol–water partition coefficient (Wildman–Crippen LogP) is 2.49. The molecule has 2 aromatic carbocycles. The standard InChI is InChI=1S/C20H25NO4/c1-15-6-4-5-7-18(15)25-13-19(22)21-14-20(2,23)12-16-8-10-17(24-3)11-9-16/h4-11,23H,12-14H2,1-3H3,(H,21,22)/t20-/m1/s1. The van der Waals surface area contributed by atoms with Gasteiger partial charge in [-0.3, -0.25) is 4.79 Å². The van der Waals surface area contributed by atoms with Gasteiger partial charge in [-0.05, 0) is 43.2 Å². The molecule has 25 heavy (non-hydrogen) atoms. The molecule has 0 saturated heterocycles. The van der Waals surface area contributed by atoms with Crippen molar-refractivity contribution in [1.82, 2.24) is 5.32 Å². The van der Waals surface area contributed by atoms with Crippen molar-refractivity contribution in [3.63, 3.8) is 0 Å². The number of ether oxygens (including phenoxy) is 2. The first-order valence-corrected chi connectivity index (χ1v) is 8.20. The highest BCUT2D eigenvalue weighted by molar-refractivity contribution is 5.77. The maximum absolute atomic E-state index is 11.9. The first-order chi connectivity index (χ1) is 11.9. The first kappa shape index (κ1) is 18.8. The summed E-state index contributed by atoms with van der Waals surface area (Å²) in [6.07, 6.45) is 0.427. The lowest BCUT2D eigenvalue weighted by atomic mass is 9.96. The molecule has 2 aromatic rings. The summed E-state index contributed by atoms with van der Waals surface area (Å²) in [5.41, 5.74) is 0.894. The Bertz CT molecular complexity index is 695. The van der Waals surface area contributed by atoms with E-state index in [4.69, 9.17) is 9.47 Å². The number of hydrogen-bond acceptors (Lipinski definition) is 4. The number of hydrogen-bond donors (Lipinski definition) is 2. The van der Waals surface area contributed by atoms with E-state index in [0.717, 1.165) is 16.9 Å². The molecule has 1 amide bonds. The quantitative estimate of drug-likeness (QED) is 0.773. The number of rotatable bonds is 8. The van der Waals surface area contributed by atoms with Crippen molar-refractivity contribution in [2.75, 3.05) is 20.3 Å². The molecule has 0 radical (unpaired) electrons. The molecule has 0 spiro atoms. The van der Waals surface area contributed by atoms with E-state index in [-0.39, 0.29) is 19.1 Å². The third-order valence-corrected chi connectivity index (χ3v) is 3.86. The fourth-order valence-corrected chi connectivity index (χ4v) is 2.45. The number of aliphatic hydroxyl groups is 1. The van der Waals surface area contributed by atoms with Crippen LogP contribution in [0.5, 0.6) is 11.5 Å². The van der Waals surface area contributed by atoms with Crippen LogP contribution in [0.25, 0.3) is 0 Å². The van der Waals surface area contributed by atoms with Gasteiger partial charge in [-0.2, -0.15) is 0 Å². The van der Waals surface area contributed by atoms with E-state index in [1.807, 2.05) is 55.5 Å². The van der Waals surface area contributed by atoms with Crippen molar-refractivity contribution in [3.05, 3.63) is 59.7 Å². The summed E-state index contributed by atoms with van der Waals surface area (Å²) in [5, 5.41) is 13.2. The van der Waals surface area contributed by atoms with Gasteiger partial charge in [-0.25, -0.2) is 0 Å². The number of nitrogens with one attached hydrogen (secondary N) is 1. The molecule has 0 aliphatic heterocycles. The summed E-state index contributed by atoms with van der Waals surface area (Å²) in [7, 11) is 1.61. The smallest absolute Gasteiger partial charge is 0.258 e. The third-order valence-electron chi connectivity index (χ3n) is 3.86. The number of carbonyl (C=O) groups is 1. The number of methoxy groups -OCH3 is 1. The number of aryl methyl sites for hydroxylation is 1. The molecule has 0 bridgehead atoms. The van der Waals surface area contributed by atoms with Crippen LogP contribution in [-0.4, -0.2) is 36.9 Å². The molecule has 1 atom stereocenters. The average molecular weight is 343 g/mol. The van der Waals surface area contributed by atoms with Gasteiger partial charge in [-0.1, -0.05) is 30.3 Å². The molecular formula is C20H25NO4. The van der Waals surface area contributed by atoms with Crippen molar-refractivity contribution in [3.8, 4) is 11.5 Å². The van der Waals surface area contributed by atoms with E-state index in [9.17, 15) is 9.90 Å². The highest BCUT2D eigenvalue weighted by atomic mass is 16.5. The largest absolute Gasteiger partial charge is 0.497 e. The molecular weight excluding hydrogens is 318 g/mol. The maximum atomic E-state index is 11.9. The van der Waals surface area contributed by atoms with E-state index >= 15 is 0 Å². The van der Waals surface area contributed by atoms with Crippen molar-refractivity contribution >= 4 is 5.91 Å². The van der Waals surface area contributed by atoms with Gasteiger partial charge < -0.3 is 19.9 Å². The van der Waals surface area contributed by atoms with Crippen molar-refractivity contribution in [1.29, 1.82) is 0 Å². The highest BCUT2D eigenvalue weighted by Gasteiger charge is 2.22. The fourth-order valence-electron chi connectivity index (χ4n) is 2.45. The molecule has 0 fully saturated rings. The first-order valence-electron chi connectivity index (χ1n) is 8.20. The number of para-hydroxylation sites is 1. The van der Waals surface area contributed by atoms with Crippen LogP contribution in [0.3, 0.4) is 0 Å². The Labute approximate surface area is 148 Å². The lowest BCUT2D eigenvalue weighted by Gasteiger charge is -2.24. The van der Waals surface area contributed by atoms with Crippen LogP contribution in [0.4, 0.5) is 0 Å². The second-order valence-electron chi connectivity index (χ2n) is 6.35. The third kappa shape index (κ3) is 6.12. The Hall–Kier alpha value is -2.53. The van der Waals surface area contributed by atoms with Gasteiger partial charge in [0, 0.05) is 13.0 Å². The molecule has 0 aromatic heterocycles. The van der Waals surface area contributed by atoms with Gasteiger partial charge >= 0.3 is 0 Å². The Morgan fingerprint density at radius 3 is 2.48 bits per heavy atom. The topological polar surface area (TPSA) is 67.8 Å². The molecule has 0 aliphatic carbocycles. The second kappa shape index (κ2) is 8.53. The molecule has 2 N–H and O–H groups in total. The molecule has 0 saturated carbocycles. The van der Waals surface area contributed by atoms with E-state index in [0.29, 0.717) is 12.2 Å². The van der Waals surface area contributed by atoms with Crippen LogP contribution in [0.15, 0.2) is 48.5 Å². The molecule has 2 rings (SSSR count). The number of benzene rings is 2. The average Bonchev–Trinajstić information content (AvgIpc) is 2.60. The van der Waals surface area contributed by atoms with Crippen molar-refractivity contribution in [2.24, 2.45) is 0 Å². The minimum atomic E-state index is -1.05. The van der Waals surface area contributed by atoms with Gasteiger partial charge in [0.2, 0.25) is 0 Å². The molecule has 0 heterocycles. The summed E-state index contributed by atoms with van der Waals surface area (Å²) in [6.45, 7) is 3.69. The van der Waals surface area contributed by atoms with Crippen LogP contribution in [0.2, 0.25) is 0 Å². The van der Waals surface area contributed by atoms with Gasteiger partial charge in [-0.15, -0.1) is 0 Å². The second-order valence-corrected chi connectivity index (χ2v) is 6.35. The Morgan fingerprint density at radius 2 is 1.84 bits per heavy atom. The van der Waals surface area contributed by atoms with Gasteiger partial charge in [0.1, 0.15) is 11.5 Å². The van der Waals surface area contributed by atoms with E-state index in [2.05, 4.69) is 5.32 Å². The van der Waals surface area contributed by atoms with Crippen LogP contribution >= 0.6 is 0 Å². The van der Waals surface area contributed by atoms with Crippen LogP contribution in [0, 0.1) is 6.92 Å². The van der Waals surface area contributed by atoms with Crippen LogP contribution in [-0.2, 0) is 11.2 Å². The normalized spacial score (nSPS) is 13.0.